The van der Waals surface area contributed by atoms with E-state index in [1.807, 2.05) is 0 Å². The van der Waals surface area contributed by atoms with Crippen molar-refractivity contribution in [3.8, 4) is 0 Å². The topological polar surface area (TPSA) is 21.3 Å². The monoisotopic (exact) mass is 253 g/mol. The molecule has 0 aromatic carbocycles. The maximum atomic E-state index is 5.80. The second-order valence-electron chi connectivity index (χ2n) is 6.65. The lowest BCUT2D eigenvalue weighted by atomic mass is 9.74. The van der Waals surface area contributed by atoms with Crippen LogP contribution in [-0.2, 0) is 4.74 Å². The van der Waals surface area contributed by atoms with Gasteiger partial charge in [-0.2, -0.15) is 0 Å². The SMILES string of the molecule is CCCNC(C1CCCC(C)C1)C1COC(C)C1. The van der Waals surface area contributed by atoms with Crippen LogP contribution < -0.4 is 5.32 Å². The van der Waals surface area contributed by atoms with Crippen molar-refractivity contribution in [1.29, 1.82) is 0 Å². The molecule has 0 radical (unpaired) electrons. The Kier molecular flexibility index (Phi) is 5.50. The summed E-state index contributed by atoms with van der Waals surface area (Å²) in [6.45, 7) is 9.06. The first-order chi connectivity index (χ1) is 8.70. The van der Waals surface area contributed by atoms with E-state index in [1.54, 1.807) is 0 Å². The highest BCUT2D eigenvalue weighted by atomic mass is 16.5. The van der Waals surface area contributed by atoms with Crippen molar-refractivity contribution in [3.05, 3.63) is 0 Å². The summed E-state index contributed by atoms with van der Waals surface area (Å²) in [4.78, 5) is 0. The number of ether oxygens (including phenoxy) is 1. The molecule has 1 N–H and O–H groups in total. The zero-order valence-electron chi connectivity index (χ0n) is 12.5. The summed E-state index contributed by atoms with van der Waals surface area (Å²) in [7, 11) is 0. The second-order valence-corrected chi connectivity index (χ2v) is 6.65. The Hall–Kier alpha value is -0.0800. The molecule has 1 aliphatic heterocycles. The minimum absolute atomic E-state index is 0.474. The van der Waals surface area contributed by atoms with Crippen LogP contribution in [0.3, 0.4) is 0 Å². The van der Waals surface area contributed by atoms with E-state index in [4.69, 9.17) is 4.74 Å². The molecule has 0 aromatic rings. The Balaban J connectivity index is 1.94. The fourth-order valence-corrected chi connectivity index (χ4v) is 3.94. The maximum absolute atomic E-state index is 5.80. The van der Waals surface area contributed by atoms with Crippen LogP contribution in [0.5, 0.6) is 0 Å². The minimum atomic E-state index is 0.474. The number of rotatable bonds is 5. The first kappa shape index (κ1) is 14.3. The quantitative estimate of drug-likeness (QED) is 0.808. The average Bonchev–Trinajstić information content (AvgIpc) is 2.76. The molecule has 2 fully saturated rings. The van der Waals surface area contributed by atoms with Crippen LogP contribution in [0.4, 0.5) is 0 Å². The maximum Gasteiger partial charge on any atom is 0.0551 e. The van der Waals surface area contributed by atoms with E-state index in [0.717, 1.165) is 24.4 Å². The molecule has 18 heavy (non-hydrogen) atoms. The Labute approximate surface area is 113 Å². The molecule has 1 heterocycles. The minimum Gasteiger partial charge on any atom is -0.378 e. The van der Waals surface area contributed by atoms with Gasteiger partial charge in [-0.05, 0) is 51.0 Å². The molecule has 0 spiro atoms. The second kappa shape index (κ2) is 6.91. The van der Waals surface area contributed by atoms with Gasteiger partial charge in [0.1, 0.15) is 0 Å². The van der Waals surface area contributed by atoms with E-state index in [2.05, 4.69) is 26.1 Å². The lowest BCUT2D eigenvalue weighted by Gasteiger charge is -2.37. The third kappa shape index (κ3) is 3.71. The van der Waals surface area contributed by atoms with E-state index in [0.29, 0.717) is 12.1 Å². The normalized spacial score (nSPS) is 38.8. The molecule has 5 unspecified atom stereocenters. The number of hydrogen-bond donors (Lipinski definition) is 1. The van der Waals surface area contributed by atoms with Crippen LogP contribution in [0.1, 0.15) is 59.3 Å². The Bertz CT molecular complexity index is 243. The van der Waals surface area contributed by atoms with Gasteiger partial charge >= 0.3 is 0 Å². The van der Waals surface area contributed by atoms with Crippen LogP contribution in [-0.4, -0.2) is 25.3 Å². The van der Waals surface area contributed by atoms with Crippen molar-refractivity contribution < 1.29 is 4.74 Å². The predicted octanol–water partition coefficient (Wildman–Crippen LogP) is 3.61. The van der Waals surface area contributed by atoms with Gasteiger partial charge in [-0.3, -0.25) is 0 Å². The number of nitrogens with one attached hydrogen (secondary N) is 1. The fourth-order valence-electron chi connectivity index (χ4n) is 3.94. The van der Waals surface area contributed by atoms with Crippen molar-refractivity contribution in [3.63, 3.8) is 0 Å². The smallest absolute Gasteiger partial charge is 0.0551 e. The summed E-state index contributed by atoms with van der Waals surface area (Å²) in [6, 6.07) is 0.706. The first-order valence-electron chi connectivity index (χ1n) is 8.05. The van der Waals surface area contributed by atoms with Crippen molar-refractivity contribution in [2.24, 2.45) is 17.8 Å². The molecule has 2 aliphatic rings. The highest BCUT2D eigenvalue weighted by molar-refractivity contribution is 4.89. The van der Waals surface area contributed by atoms with Crippen molar-refractivity contribution in [2.45, 2.75) is 71.4 Å². The summed E-state index contributed by atoms with van der Waals surface area (Å²) in [5, 5.41) is 3.84. The fraction of sp³-hybridized carbons (Fsp3) is 1.00. The molecule has 2 nitrogen and oxygen atoms in total. The van der Waals surface area contributed by atoms with Gasteiger partial charge in [-0.15, -0.1) is 0 Å². The van der Waals surface area contributed by atoms with Gasteiger partial charge in [0.25, 0.3) is 0 Å². The van der Waals surface area contributed by atoms with Gasteiger partial charge < -0.3 is 10.1 Å². The van der Waals surface area contributed by atoms with Gasteiger partial charge in [-0.25, -0.2) is 0 Å². The third-order valence-corrected chi connectivity index (χ3v) is 4.85. The van der Waals surface area contributed by atoms with Crippen LogP contribution in [0, 0.1) is 17.8 Å². The van der Waals surface area contributed by atoms with Crippen molar-refractivity contribution in [2.75, 3.05) is 13.2 Å². The first-order valence-corrected chi connectivity index (χ1v) is 8.05. The third-order valence-electron chi connectivity index (χ3n) is 4.85. The Morgan fingerprint density at radius 2 is 2.00 bits per heavy atom. The van der Waals surface area contributed by atoms with Gasteiger partial charge in [0, 0.05) is 12.0 Å². The summed E-state index contributed by atoms with van der Waals surface area (Å²) < 4.78 is 5.80. The molecule has 1 saturated heterocycles. The molecule has 106 valence electrons. The zero-order valence-corrected chi connectivity index (χ0v) is 12.5. The van der Waals surface area contributed by atoms with E-state index in [9.17, 15) is 0 Å². The number of hydrogen-bond acceptors (Lipinski definition) is 2. The molecule has 0 amide bonds. The molecule has 0 bridgehead atoms. The van der Waals surface area contributed by atoms with E-state index in [-0.39, 0.29) is 0 Å². The lowest BCUT2D eigenvalue weighted by Crippen LogP contribution is -2.44. The van der Waals surface area contributed by atoms with E-state index in [1.165, 1.54) is 45.1 Å². The van der Waals surface area contributed by atoms with Crippen LogP contribution in [0.2, 0.25) is 0 Å². The van der Waals surface area contributed by atoms with Crippen molar-refractivity contribution in [1.82, 2.24) is 5.32 Å². The standard InChI is InChI=1S/C16H31NO/c1-4-8-17-16(15-10-13(3)18-11-15)14-7-5-6-12(2)9-14/h12-17H,4-11H2,1-3H3. The summed E-state index contributed by atoms with van der Waals surface area (Å²) in [5.41, 5.74) is 0. The predicted molar refractivity (Wildman–Crippen MR) is 76.7 cm³/mol. The van der Waals surface area contributed by atoms with Gasteiger partial charge in [0.05, 0.1) is 12.7 Å². The summed E-state index contributed by atoms with van der Waals surface area (Å²) in [6.07, 6.45) is 8.69. The van der Waals surface area contributed by atoms with E-state index >= 15 is 0 Å². The summed E-state index contributed by atoms with van der Waals surface area (Å²) >= 11 is 0. The molecule has 2 rings (SSSR count). The Morgan fingerprint density at radius 3 is 2.61 bits per heavy atom. The molecule has 1 aliphatic carbocycles. The van der Waals surface area contributed by atoms with Gasteiger partial charge in [0.2, 0.25) is 0 Å². The zero-order chi connectivity index (χ0) is 13.0. The van der Waals surface area contributed by atoms with Gasteiger partial charge in [0.15, 0.2) is 0 Å². The van der Waals surface area contributed by atoms with Crippen molar-refractivity contribution >= 4 is 0 Å². The van der Waals surface area contributed by atoms with E-state index < -0.39 is 0 Å². The summed E-state index contributed by atoms with van der Waals surface area (Å²) in [5.74, 6) is 2.57. The van der Waals surface area contributed by atoms with Crippen LogP contribution in [0.15, 0.2) is 0 Å². The van der Waals surface area contributed by atoms with Crippen LogP contribution >= 0.6 is 0 Å². The Morgan fingerprint density at radius 1 is 1.17 bits per heavy atom. The molecular formula is C16H31NO. The van der Waals surface area contributed by atoms with Crippen LogP contribution in [0.25, 0.3) is 0 Å². The molecule has 1 saturated carbocycles. The van der Waals surface area contributed by atoms with Gasteiger partial charge in [-0.1, -0.05) is 26.7 Å². The highest BCUT2D eigenvalue weighted by Crippen LogP contribution is 2.36. The molecule has 0 aromatic heterocycles. The molecule has 2 heteroatoms. The molecule has 5 atom stereocenters. The average molecular weight is 253 g/mol. The molecular weight excluding hydrogens is 222 g/mol. The lowest BCUT2D eigenvalue weighted by molar-refractivity contribution is 0.108. The highest BCUT2D eigenvalue weighted by Gasteiger charge is 2.35. The largest absolute Gasteiger partial charge is 0.378 e.